The molecule has 0 aromatic rings. The first-order valence-corrected chi connectivity index (χ1v) is 5.85. The van der Waals surface area contributed by atoms with Gasteiger partial charge in [-0.15, -0.1) is 0 Å². The quantitative estimate of drug-likeness (QED) is 0.601. The van der Waals surface area contributed by atoms with E-state index in [4.69, 9.17) is 5.11 Å². The van der Waals surface area contributed by atoms with Crippen molar-refractivity contribution in [2.75, 3.05) is 19.8 Å². The van der Waals surface area contributed by atoms with E-state index in [9.17, 15) is 14.4 Å². The van der Waals surface area contributed by atoms with Crippen LogP contribution in [0.2, 0.25) is 0 Å². The summed E-state index contributed by atoms with van der Waals surface area (Å²) in [5, 5.41) is 13.0. The molecule has 0 bridgehead atoms. The lowest BCUT2D eigenvalue weighted by molar-refractivity contribution is -0.143. The van der Waals surface area contributed by atoms with E-state index < -0.39 is 31.1 Å². The maximum absolute atomic E-state index is 11.3. The van der Waals surface area contributed by atoms with Crippen LogP contribution in [0.1, 0.15) is 26.2 Å². The third kappa shape index (κ3) is 5.13. The molecule has 1 fully saturated rings. The van der Waals surface area contributed by atoms with E-state index in [0.717, 1.165) is 19.3 Å². The molecular weight excluding hydrogens is 240 g/mol. The van der Waals surface area contributed by atoms with Crippen molar-refractivity contribution < 1.29 is 24.2 Å². The Kier molecular flexibility index (Phi) is 5.08. The molecule has 18 heavy (non-hydrogen) atoms. The molecule has 0 aliphatic heterocycles. The van der Waals surface area contributed by atoms with Gasteiger partial charge in [-0.25, -0.2) is 9.59 Å². The second kappa shape index (κ2) is 6.34. The molecule has 7 heteroatoms. The Morgan fingerprint density at radius 3 is 2.44 bits per heavy atom. The smallest absolute Gasteiger partial charge is 0.329 e. The number of imide groups is 1. The predicted molar refractivity (Wildman–Crippen MR) is 62.0 cm³/mol. The monoisotopic (exact) mass is 258 g/mol. The number of nitrogens with one attached hydrogen (secondary N) is 2. The number of amides is 3. The molecule has 0 unspecified atom stereocenters. The maximum Gasteiger partial charge on any atom is 0.329 e. The molecule has 102 valence electrons. The third-order valence-corrected chi connectivity index (χ3v) is 3.04. The number of aliphatic carboxylic acids is 1. The minimum Gasteiger partial charge on any atom is -0.480 e. The predicted octanol–water partition coefficient (Wildman–Crippen LogP) is 0.104. The van der Waals surface area contributed by atoms with Gasteiger partial charge in [-0.3, -0.25) is 10.1 Å². The summed E-state index contributed by atoms with van der Waals surface area (Å²) >= 11 is 0. The van der Waals surface area contributed by atoms with Crippen LogP contribution in [0, 0.1) is 5.41 Å². The second-order valence-corrected chi connectivity index (χ2v) is 4.47. The SMILES string of the molecule is CCC1(CNC(=O)NC(=O)COCC(=O)O)CC1. The van der Waals surface area contributed by atoms with Gasteiger partial charge in [0.05, 0.1) is 0 Å². The number of hydrogen-bond donors (Lipinski definition) is 3. The van der Waals surface area contributed by atoms with Gasteiger partial charge in [-0.1, -0.05) is 6.92 Å². The molecule has 1 aliphatic carbocycles. The average molecular weight is 258 g/mol. The van der Waals surface area contributed by atoms with Gasteiger partial charge in [-0.05, 0) is 24.7 Å². The topological polar surface area (TPSA) is 105 Å². The largest absolute Gasteiger partial charge is 0.480 e. The van der Waals surface area contributed by atoms with E-state index >= 15 is 0 Å². The lowest BCUT2D eigenvalue weighted by Gasteiger charge is -2.13. The summed E-state index contributed by atoms with van der Waals surface area (Å²) in [4.78, 5) is 32.6. The maximum atomic E-state index is 11.3. The summed E-state index contributed by atoms with van der Waals surface area (Å²) in [6.45, 7) is 1.61. The molecule has 3 amide bonds. The first-order valence-electron chi connectivity index (χ1n) is 5.85. The molecule has 1 rings (SSSR count). The van der Waals surface area contributed by atoms with Crippen LogP contribution in [0.3, 0.4) is 0 Å². The van der Waals surface area contributed by atoms with Crippen molar-refractivity contribution in [3.8, 4) is 0 Å². The fourth-order valence-corrected chi connectivity index (χ4v) is 1.54. The molecule has 0 aromatic carbocycles. The fraction of sp³-hybridized carbons (Fsp3) is 0.727. The summed E-state index contributed by atoms with van der Waals surface area (Å²) in [6.07, 6.45) is 3.20. The Balaban J connectivity index is 2.11. The molecule has 7 nitrogen and oxygen atoms in total. The lowest BCUT2D eigenvalue weighted by Crippen LogP contribution is -2.43. The van der Waals surface area contributed by atoms with Crippen LogP contribution >= 0.6 is 0 Å². The van der Waals surface area contributed by atoms with Gasteiger partial charge in [0.15, 0.2) is 0 Å². The Bertz CT molecular complexity index is 338. The van der Waals surface area contributed by atoms with E-state index in [1.54, 1.807) is 0 Å². The highest BCUT2D eigenvalue weighted by Gasteiger charge is 2.40. The highest BCUT2D eigenvalue weighted by molar-refractivity contribution is 5.94. The minimum atomic E-state index is -1.16. The Morgan fingerprint density at radius 2 is 1.94 bits per heavy atom. The first-order chi connectivity index (χ1) is 8.47. The van der Waals surface area contributed by atoms with E-state index in [-0.39, 0.29) is 5.41 Å². The van der Waals surface area contributed by atoms with Gasteiger partial charge in [0, 0.05) is 6.54 Å². The fourth-order valence-electron chi connectivity index (χ4n) is 1.54. The molecule has 0 atom stereocenters. The second-order valence-electron chi connectivity index (χ2n) is 4.47. The summed E-state index contributed by atoms with van der Waals surface area (Å²) in [5.41, 5.74) is 0.209. The van der Waals surface area contributed by atoms with Crippen molar-refractivity contribution in [3.63, 3.8) is 0 Å². The van der Waals surface area contributed by atoms with Gasteiger partial charge < -0.3 is 15.2 Å². The summed E-state index contributed by atoms with van der Waals surface area (Å²) in [6, 6.07) is -0.571. The van der Waals surface area contributed by atoms with Crippen molar-refractivity contribution in [1.29, 1.82) is 0 Å². The van der Waals surface area contributed by atoms with Crippen LogP contribution in [-0.2, 0) is 14.3 Å². The summed E-state index contributed by atoms with van der Waals surface area (Å²) < 4.78 is 4.55. The van der Waals surface area contributed by atoms with Crippen molar-refractivity contribution in [2.24, 2.45) is 5.41 Å². The molecule has 1 aliphatic rings. The molecule has 3 N–H and O–H groups in total. The molecule has 0 saturated heterocycles. The van der Waals surface area contributed by atoms with Crippen LogP contribution in [0.15, 0.2) is 0 Å². The number of hydrogen-bond acceptors (Lipinski definition) is 4. The highest BCUT2D eigenvalue weighted by Crippen LogP contribution is 2.47. The van der Waals surface area contributed by atoms with Crippen LogP contribution < -0.4 is 10.6 Å². The van der Waals surface area contributed by atoms with E-state index in [1.807, 2.05) is 0 Å². The number of urea groups is 1. The average Bonchev–Trinajstić information content (AvgIpc) is 3.06. The highest BCUT2D eigenvalue weighted by atomic mass is 16.5. The van der Waals surface area contributed by atoms with Crippen molar-refractivity contribution >= 4 is 17.9 Å². The minimum absolute atomic E-state index is 0.209. The van der Waals surface area contributed by atoms with E-state index in [2.05, 4.69) is 22.3 Å². The normalized spacial score (nSPS) is 15.8. The van der Waals surface area contributed by atoms with Crippen molar-refractivity contribution in [3.05, 3.63) is 0 Å². The summed E-state index contributed by atoms with van der Waals surface area (Å²) in [5.74, 6) is -1.82. The van der Waals surface area contributed by atoms with Gasteiger partial charge in [0.1, 0.15) is 13.2 Å². The molecule has 0 spiro atoms. The van der Waals surface area contributed by atoms with Crippen LogP contribution in [0.5, 0.6) is 0 Å². The Morgan fingerprint density at radius 1 is 1.28 bits per heavy atom. The van der Waals surface area contributed by atoms with Crippen molar-refractivity contribution in [2.45, 2.75) is 26.2 Å². The number of carbonyl (C=O) groups excluding carboxylic acids is 2. The zero-order valence-electron chi connectivity index (χ0n) is 10.3. The van der Waals surface area contributed by atoms with Crippen molar-refractivity contribution in [1.82, 2.24) is 10.6 Å². The molecular formula is C11H18N2O5. The lowest BCUT2D eigenvalue weighted by atomic mass is 10.0. The number of carboxylic acid groups (broad SMARTS) is 1. The molecule has 0 heterocycles. The zero-order chi connectivity index (χ0) is 13.6. The van der Waals surface area contributed by atoms with E-state index in [1.165, 1.54) is 0 Å². The van der Waals surface area contributed by atoms with Gasteiger partial charge in [0.2, 0.25) is 0 Å². The molecule has 0 radical (unpaired) electrons. The van der Waals surface area contributed by atoms with Gasteiger partial charge in [0.25, 0.3) is 5.91 Å². The first kappa shape index (κ1) is 14.4. The Labute approximate surface area is 105 Å². The van der Waals surface area contributed by atoms with Gasteiger partial charge >= 0.3 is 12.0 Å². The standard InChI is InChI=1S/C11H18N2O5/c1-2-11(3-4-11)7-12-10(17)13-8(14)5-18-6-9(15)16/h2-7H2,1H3,(H,15,16)(H2,12,13,14,17). The number of carbonyl (C=O) groups is 3. The number of rotatable bonds is 7. The number of ether oxygens (including phenoxy) is 1. The van der Waals surface area contributed by atoms with Gasteiger partial charge in [-0.2, -0.15) is 0 Å². The summed E-state index contributed by atoms with van der Waals surface area (Å²) in [7, 11) is 0. The van der Waals surface area contributed by atoms with E-state index in [0.29, 0.717) is 6.54 Å². The molecule has 1 saturated carbocycles. The third-order valence-electron chi connectivity index (χ3n) is 3.04. The van der Waals surface area contributed by atoms with Crippen LogP contribution in [0.4, 0.5) is 4.79 Å². The number of carboxylic acids is 1. The van der Waals surface area contributed by atoms with Crippen LogP contribution in [0.25, 0.3) is 0 Å². The van der Waals surface area contributed by atoms with Crippen LogP contribution in [-0.4, -0.2) is 42.8 Å². The zero-order valence-corrected chi connectivity index (χ0v) is 10.3. The Hall–Kier alpha value is -1.63. The molecule has 0 aromatic heterocycles.